The lowest BCUT2D eigenvalue weighted by atomic mass is 10.1. The van der Waals surface area contributed by atoms with Crippen molar-refractivity contribution < 1.29 is 14.0 Å². The molecular formula is C16H18N2O3S. The Kier molecular flexibility index (Phi) is 4.29. The van der Waals surface area contributed by atoms with Crippen LogP contribution in [0.5, 0.6) is 0 Å². The van der Waals surface area contributed by atoms with Crippen LogP contribution in [0.3, 0.4) is 0 Å². The number of rotatable bonds is 3. The SMILES string of the molecule is CC(C(=O)N1CCN(C(=O)c2ccco2)CC1)c1cccs1. The number of piperazine rings is 1. The van der Waals surface area contributed by atoms with Gasteiger partial charge in [-0.05, 0) is 30.5 Å². The van der Waals surface area contributed by atoms with Gasteiger partial charge in [0.2, 0.25) is 5.91 Å². The lowest BCUT2D eigenvalue weighted by Crippen LogP contribution is -2.51. The zero-order valence-corrected chi connectivity index (χ0v) is 13.2. The number of nitrogens with zero attached hydrogens (tertiary/aromatic N) is 2. The Labute approximate surface area is 133 Å². The molecule has 0 N–H and O–H groups in total. The zero-order valence-electron chi connectivity index (χ0n) is 12.4. The lowest BCUT2D eigenvalue weighted by molar-refractivity contribution is -0.133. The van der Waals surface area contributed by atoms with Gasteiger partial charge in [0.05, 0.1) is 12.2 Å². The van der Waals surface area contributed by atoms with E-state index in [0.717, 1.165) is 4.88 Å². The summed E-state index contributed by atoms with van der Waals surface area (Å²) in [5.41, 5.74) is 0. The van der Waals surface area contributed by atoms with Crippen LogP contribution in [-0.4, -0.2) is 47.8 Å². The average Bonchev–Trinajstić information content (AvgIpc) is 3.26. The first-order valence-electron chi connectivity index (χ1n) is 7.32. The summed E-state index contributed by atoms with van der Waals surface area (Å²) in [6.45, 7) is 4.17. The van der Waals surface area contributed by atoms with E-state index in [9.17, 15) is 9.59 Å². The fraction of sp³-hybridized carbons (Fsp3) is 0.375. The minimum absolute atomic E-state index is 0.108. The smallest absolute Gasteiger partial charge is 0.289 e. The van der Waals surface area contributed by atoms with E-state index in [-0.39, 0.29) is 17.7 Å². The number of furan rings is 1. The van der Waals surface area contributed by atoms with Gasteiger partial charge in [0.1, 0.15) is 0 Å². The second kappa shape index (κ2) is 6.36. The van der Waals surface area contributed by atoms with Gasteiger partial charge < -0.3 is 14.2 Å². The van der Waals surface area contributed by atoms with Crippen molar-refractivity contribution in [3.63, 3.8) is 0 Å². The van der Waals surface area contributed by atoms with E-state index in [1.54, 1.807) is 28.4 Å². The van der Waals surface area contributed by atoms with Gasteiger partial charge in [0, 0.05) is 31.1 Å². The maximum absolute atomic E-state index is 12.5. The highest BCUT2D eigenvalue weighted by atomic mass is 32.1. The van der Waals surface area contributed by atoms with Crippen molar-refractivity contribution in [2.75, 3.05) is 26.2 Å². The van der Waals surface area contributed by atoms with Gasteiger partial charge in [-0.25, -0.2) is 0 Å². The van der Waals surface area contributed by atoms with Gasteiger partial charge in [-0.2, -0.15) is 0 Å². The van der Waals surface area contributed by atoms with Crippen LogP contribution >= 0.6 is 11.3 Å². The first kappa shape index (κ1) is 14.8. The molecule has 6 heteroatoms. The van der Waals surface area contributed by atoms with Crippen molar-refractivity contribution in [2.45, 2.75) is 12.8 Å². The molecule has 116 valence electrons. The second-order valence-electron chi connectivity index (χ2n) is 5.33. The Balaban J connectivity index is 1.57. The van der Waals surface area contributed by atoms with Gasteiger partial charge in [0.15, 0.2) is 5.76 Å². The molecule has 0 spiro atoms. The molecule has 1 unspecified atom stereocenters. The first-order chi connectivity index (χ1) is 10.7. The molecule has 0 aliphatic carbocycles. The highest BCUT2D eigenvalue weighted by molar-refractivity contribution is 7.10. The van der Waals surface area contributed by atoms with Crippen LogP contribution in [0.4, 0.5) is 0 Å². The van der Waals surface area contributed by atoms with Gasteiger partial charge in [-0.1, -0.05) is 6.07 Å². The third kappa shape index (κ3) is 2.92. The Hall–Kier alpha value is -2.08. The summed E-state index contributed by atoms with van der Waals surface area (Å²) in [7, 11) is 0. The Morgan fingerprint density at radius 1 is 1.14 bits per heavy atom. The van der Waals surface area contributed by atoms with Crippen LogP contribution < -0.4 is 0 Å². The van der Waals surface area contributed by atoms with E-state index >= 15 is 0 Å². The number of thiophene rings is 1. The molecule has 3 heterocycles. The molecular weight excluding hydrogens is 300 g/mol. The fourth-order valence-corrected chi connectivity index (χ4v) is 3.40. The first-order valence-corrected chi connectivity index (χ1v) is 8.20. The molecule has 0 saturated carbocycles. The summed E-state index contributed by atoms with van der Waals surface area (Å²) in [5.74, 6) is 0.259. The van der Waals surface area contributed by atoms with Crippen molar-refractivity contribution in [3.8, 4) is 0 Å². The number of carbonyl (C=O) groups excluding carboxylic acids is 2. The van der Waals surface area contributed by atoms with Crippen molar-refractivity contribution >= 4 is 23.2 Å². The van der Waals surface area contributed by atoms with Crippen LogP contribution in [0.25, 0.3) is 0 Å². The fourth-order valence-electron chi connectivity index (χ4n) is 2.62. The summed E-state index contributed by atoms with van der Waals surface area (Å²) >= 11 is 1.60. The highest BCUT2D eigenvalue weighted by Gasteiger charge is 2.28. The molecule has 0 radical (unpaired) electrons. The van der Waals surface area contributed by atoms with Gasteiger partial charge in [-0.15, -0.1) is 11.3 Å². The molecule has 1 atom stereocenters. The maximum Gasteiger partial charge on any atom is 0.289 e. The van der Waals surface area contributed by atoms with Crippen molar-refractivity contribution in [3.05, 3.63) is 46.5 Å². The lowest BCUT2D eigenvalue weighted by Gasteiger charge is -2.35. The molecule has 2 aromatic rings. The van der Waals surface area contributed by atoms with Crippen LogP contribution in [-0.2, 0) is 4.79 Å². The van der Waals surface area contributed by atoms with Gasteiger partial charge in [0.25, 0.3) is 5.91 Å². The Morgan fingerprint density at radius 2 is 1.86 bits per heavy atom. The van der Waals surface area contributed by atoms with Crippen molar-refractivity contribution in [1.82, 2.24) is 9.80 Å². The Morgan fingerprint density at radius 3 is 2.45 bits per heavy atom. The summed E-state index contributed by atoms with van der Waals surface area (Å²) in [5, 5.41) is 1.99. The predicted molar refractivity (Wildman–Crippen MR) is 83.9 cm³/mol. The maximum atomic E-state index is 12.5. The minimum Gasteiger partial charge on any atom is -0.459 e. The third-order valence-corrected chi connectivity index (χ3v) is 5.01. The van der Waals surface area contributed by atoms with E-state index in [4.69, 9.17) is 4.42 Å². The van der Waals surface area contributed by atoms with E-state index in [2.05, 4.69) is 0 Å². The summed E-state index contributed by atoms with van der Waals surface area (Å²) in [4.78, 5) is 29.4. The largest absolute Gasteiger partial charge is 0.459 e. The molecule has 1 fully saturated rings. The number of carbonyl (C=O) groups is 2. The van der Waals surface area contributed by atoms with E-state index in [1.165, 1.54) is 6.26 Å². The zero-order chi connectivity index (χ0) is 15.5. The topological polar surface area (TPSA) is 53.8 Å². The second-order valence-corrected chi connectivity index (χ2v) is 6.31. The van der Waals surface area contributed by atoms with E-state index in [1.807, 2.05) is 29.3 Å². The van der Waals surface area contributed by atoms with Gasteiger partial charge in [-0.3, -0.25) is 9.59 Å². The third-order valence-electron chi connectivity index (χ3n) is 3.95. The van der Waals surface area contributed by atoms with E-state index in [0.29, 0.717) is 31.9 Å². The monoisotopic (exact) mass is 318 g/mol. The number of hydrogen-bond acceptors (Lipinski definition) is 4. The van der Waals surface area contributed by atoms with Crippen LogP contribution in [0.15, 0.2) is 40.3 Å². The van der Waals surface area contributed by atoms with E-state index < -0.39 is 0 Å². The molecule has 2 aromatic heterocycles. The normalized spacial score (nSPS) is 16.6. The molecule has 5 nitrogen and oxygen atoms in total. The summed E-state index contributed by atoms with van der Waals surface area (Å²) in [6.07, 6.45) is 1.50. The molecule has 1 aliphatic rings. The molecule has 0 bridgehead atoms. The predicted octanol–water partition coefficient (Wildman–Crippen LogP) is 2.43. The molecule has 1 aliphatic heterocycles. The molecule has 22 heavy (non-hydrogen) atoms. The average molecular weight is 318 g/mol. The van der Waals surface area contributed by atoms with Crippen molar-refractivity contribution in [1.29, 1.82) is 0 Å². The summed E-state index contributed by atoms with van der Waals surface area (Å²) in [6, 6.07) is 7.32. The number of amides is 2. The molecule has 2 amide bonds. The van der Waals surface area contributed by atoms with Crippen molar-refractivity contribution in [2.24, 2.45) is 0 Å². The molecule has 0 aromatic carbocycles. The van der Waals surface area contributed by atoms with Crippen LogP contribution in [0.2, 0.25) is 0 Å². The highest BCUT2D eigenvalue weighted by Crippen LogP contribution is 2.23. The molecule has 1 saturated heterocycles. The van der Waals surface area contributed by atoms with Crippen LogP contribution in [0, 0.1) is 0 Å². The van der Waals surface area contributed by atoms with Gasteiger partial charge >= 0.3 is 0 Å². The summed E-state index contributed by atoms with van der Waals surface area (Å²) < 4.78 is 5.14. The quantitative estimate of drug-likeness (QED) is 0.873. The van der Waals surface area contributed by atoms with Crippen LogP contribution in [0.1, 0.15) is 28.3 Å². The molecule has 3 rings (SSSR count). The Bertz CT molecular complexity index is 628. The number of hydrogen-bond donors (Lipinski definition) is 0. The minimum atomic E-state index is -0.118. The standard InChI is InChI=1S/C16H18N2O3S/c1-12(14-5-3-11-22-14)15(19)17-6-8-18(9-7-17)16(20)13-4-2-10-21-13/h2-5,10-12H,6-9H2,1H3.